The number of thiophene rings is 1. The minimum absolute atomic E-state index is 0.249. The lowest BCUT2D eigenvalue weighted by atomic mass is 10.1. The molecule has 23 heavy (non-hydrogen) atoms. The molecule has 1 aromatic carbocycles. The van der Waals surface area contributed by atoms with Crippen LogP contribution in [0.3, 0.4) is 0 Å². The van der Waals surface area contributed by atoms with E-state index < -0.39 is 17.7 Å². The summed E-state index contributed by atoms with van der Waals surface area (Å²) in [6, 6.07) is 4.55. The number of nitrogens with zero attached hydrogens (tertiary/aromatic N) is 2. The highest BCUT2D eigenvalue weighted by Gasteiger charge is 2.19. The lowest BCUT2D eigenvalue weighted by Gasteiger charge is -2.14. The Morgan fingerprint density at radius 3 is 2.74 bits per heavy atom. The predicted molar refractivity (Wildman–Crippen MR) is 85.6 cm³/mol. The molecule has 0 saturated heterocycles. The summed E-state index contributed by atoms with van der Waals surface area (Å²) in [4.78, 5) is 13.8. The molecule has 0 aliphatic rings. The van der Waals surface area contributed by atoms with Crippen molar-refractivity contribution in [2.45, 2.75) is 19.9 Å². The van der Waals surface area contributed by atoms with Gasteiger partial charge in [0, 0.05) is 24.1 Å². The van der Waals surface area contributed by atoms with Gasteiger partial charge in [-0.15, -0.1) is 11.3 Å². The standard InChI is InChI=1S/C16H15F2N3OS/c1-8(11-5-4-10(17)6-13(11)18)19-15(22)14-7-12-9(2)20-21(3)16(12)23-14/h4-8H,1-3H3,(H,19,22). The third kappa shape index (κ3) is 2.84. The summed E-state index contributed by atoms with van der Waals surface area (Å²) in [5, 5.41) is 7.96. The lowest BCUT2D eigenvalue weighted by Crippen LogP contribution is -2.26. The van der Waals surface area contributed by atoms with Crippen molar-refractivity contribution in [3.63, 3.8) is 0 Å². The molecule has 3 rings (SSSR count). The number of halogens is 2. The number of nitrogens with one attached hydrogen (secondary N) is 1. The Labute approximate surface area is 135 Å². The molecule has 0 radical (unpaired) electrons. The number of rotatable bonds is 3. The molecule has 1 N–H and O–H groups in total. The third-order valence-electron chi connectivity index (χ3n) is 3.70. The van der Waals surface area contributed by atoms with E-state index in [0.29, 0.717) is 4.88 Å². The maximum atomic E-state index is 13.8. The Morgan fingerprint density at radius 1 is 1.35 bits per heavy atom. The van der Waals surface area contributed by atoms with Crippen molar-refractivity contribution in [3.8, 4) is 0 Å². The Balaban J connectivity index is 1.83. The molecule has 0 fully saturated rings. The summed E-state index contributed by atoms with van der Waals surface area (Å²) < 4.78 is 28.5. The van der Waals surface area contributed by atoms with Crippen molar-refractivity contribution < 1.29 is 13.6 Å². The Bertz CT molecular complexity index is 866. The molecule has 1 unspecified atom stereocenters. The largest absolute Gasteiger partial charge is 0.345 e. The number of aryl methyl sites for hydroxylation is 2. The van der Waals surface area contributed by atoms with E-state index in [1.165, 1.54) is 23.5 Å². The van der Waals surface area contributed by atoms with E-state index in [0.717, 1.165) is 22.0 Å². The molecule has 4 nitrogen and oxygen atoms in total. The van der Waals surface area contributed by atoms with Gasteiger partial charge in [0.15, 0.2) is 0 Å². The SMILES string of the molecule is Cc1nn(C)c2sc(C(=O)NC(C)c3ccc(F)cc3F)cc12. The van der Waals surface area contributed by atoms with Gasteiger partial charge in [0.05, 0.1) is 16.6 Å². The fourth-order valence-electron chi connectivity index (χ4n) is 2.52. The number of carbonyl (C=O) groups is 1. The molecule has 0 aliphatic heterocycles. The van der Waals surface area contributed by atoms with Crippen LogP contribution in [0.1, 0.15) is 33.9 Å². The number of hydrogen-bond donors (Lipinski definition) is 1. The molecule has 0 spiro atoms. The molecule has 0 aliphatic carbocycles. The molecule has 7 heteroatoms. The first-order valence-electron chi connectivity index (χ1n) is 7.05. The lowest BCUT2D eigenvalue weighted by molar-refractivity contribution is 0.0943. The maximum absolute atomic E-state index is 13.8. The molecular weight excluding hydrogens is 320 g/mol. The summed E-state index contributed by atoms with van der Waals surface area (Å²) in [6.07, 6.45) is 0. The Morgan fingerprint density at radius 2 is 2.09 bits per heavy atom. The average Bonchev–Trinajstić information content (AvgIpc) is 3.01. The van der Waals surface area contributed by atoms with Gasteiger partial charge in [0.2, 0.25) is 0 Å². The number of fused-ring (bicyclic) bond motifs is 1. The van der Waals surface area contributed by atoms with Gasteiger partial charge in [0.1, 0.15) is 16.5 Å². The zero-order chi connectivity index (χ0) is 16.7. The van der Waals surface area contributed by atoms with Gasteiger partial charge >= 0.3 is 0 Å². The molecular formula is C16H15F2N3OS. The van der Waals surface area contributed by atoms with E-state index in [2.05, 4.69) is 10.4 Å². The first kappa shape index (κ1) is 15.6. The maximum Gasteiger partial charge on any atom is 0.261 e. The minimum Gasteiger partial charge on any atom is -0.345 e. The van der Waals surface area contributed by atoms with Crippen LogP contribution in [0.25, 0.3) is 10.2 Å². The molecule has 1 atom stereocenters. The van der Waals surface area contributed by atoms with Crippen LogP contribution in [0.15, 0.2) is 24.3 Å². The first-order chi connectivity index (χ1) is 10.9. The van der Waals surface area contributed by atoms with Crippen LogP contribution in [-0.2, 0) is 7.05 Å². The Kier molecular flexibility index (Phi) is 3.89. The van der Waals surface area contributed by atoms with E-state index in [1.807, 2.05) is 14.0 Å². The van der Waals surface area contributed by atoms with Crippen molar-refractivity contribution in [1.82, 2.24) is 15.1 Å². The van der Waals surface area contributed by atoms with E-state index in [4.69, 9.17) is 0 Å². The van der Waals surface area contributed by atoms with Crippen molar-refractivity contribution in [2.24, 2.45) is 7.05 Å². The van der Waals surface area contributed by atoms with Crippen LogP contribution >= 0.6 is 11.3 Å². The number of benzene rings is 1. The Hall–Kier alpha value is -2.28. The van der Waals surface area contributed by atoms with E-state index in [1.54, 1.807) is 17.7 Å². The third-order valence-corrected chi connectivity index (χ3v) is 4.90. The quantitative estimate of drug-likeness (QED) is 0.793. The van der Waals surface area contributed by atoms with Crippen LogP contribution in [0.5, 0.6) is 0 Å². The molecule has 0 bridgehead atoms. The predicted octanol–water partition coefficient (Wildman–Crippen LogP) is 3.71. The average molecular weight is 335 g/mol. The van der Waals surface area contributed by atoms with E-state index >= 15 is 0 Å². The zero-order valence-electron chi connectivity index (χ0n) is 12.9. The molecule has 1 amide bonds. The van der Waals surface area contributed by atoms with Crippen LogP contribution < -0.4 is 5.32 Å². The van der Waals surface area contributed by atoms with Gasteiger partial charge in [-0.2, -0.15) is 5.10 Å². The number of aromatic nitrogens is 2. The van der Waals surface area contributed by atoms with E-state index in [-0.39, 0.29) is 11.5 Å². The number of amides is 1. The van der Waals surface area contributed by atoms with Crippen molar-refractivity contribution in [3.05, 3.63) is 52.0 Å². The summed E-state index contributed by atoms with van der Waals surface area (Å²) in [5.74, 6) is -1.60. The summed E-state index contributed by atoms with van der Waals surface area (Å²) in [5.41, 5.74) is 1.11. The van der Waals surface area contributed by atoms with Gasteiger partial charge in [-0.25, -0.2) is 8.78 Å². The number of carbonyl (C=O) groups excluding carboxylic acids is 1. The highest BCUT2D eigenvalue weighted by atomic mass is 32.1. The van der Waals surface area contributed by atoms with Gasteiger partial charge in [-0.1, -0.05) is 6.07 Å². The minimum atomic E-state index is -0.672. The van der Waals surface area contributed by atoms with Crippen LogP contribution in [0, 0.1) is 18.6 Å². The molecule has 0 saturated carbocycles. The van der Waals surface area contributed by atoms with Crippen LogP contribution in [-0.4, -0.2) is 15.7 Å². The normalized spacial score (nSPS) is 12.6. The topological polar surface area (TPSA) is 46.9 Å². The van der Waals surface area contributed by atoms with Crippen LogP contribution in [0.4, 0.5) is 8.78 Å². The van der Waals surface area contributed by atoms with Crippen LogP contribution in [0.2, 0.25) is 0 Å². The van der Waals surface area contributed by atoms with Gasteiger partial charge in [0.25, 0.3) is 5.91 Å². The second-order valence-corrected chi connectivity index (χ2v) is 6.43. The molecule has 2 heterocycles. The van der Waals surface area contributed by atoms with Gasteiger partial charge in [-0.3, -0.25) is 9.48 Å². The van der Waals surface area contributed by atoms with Crippen molar-refractivity contribution in [1.29, 1.82) is 0 Å². The fraction of sp³-hybridized carbons (Fsp3) is 0.250. The van der Waals surface area contributed by atoms with Crippen molar-refractivity contribution >= 4 is 27.5 Å². The van der Waals surface area contributed by atoms with Gasteiger partial charge in [-0.05, 0) is 26.0 Å². The fourth-order valence-corrected chi connectivity index (χ4v) is 3.54. The zero-order valence-corrected chi connectivity index (χ0v) is 13.7. The highest BCUT2D eigenvalue weighted by Crippen LogP contribution is 2.28. The second kappa shape index (κ2) is 5.73. The monoisotopic (exact) mass is 335 g/mol. The van der Waals surface area contributed by atoms with Crippen molar-refractivity contribution in [2.75, 3.05) is 0 Å². The molecule has 2 aromatic heterocycles. The highest BCUT2D eigenvalue weighted by molar-refractivity contribution is 7.20. The first-order valence-corrected chi connectivity index (χ1v) is 7.87. The molecule has 120 valence electrons. The van der Waals surface area contributed by atoms with E-state index in [9.17, 15) is 13.6 Å². The smallest absolute Gasteiger partial charge is 0.261 e. The molecule has 3 aromatic rings. The summed E-state index contributed by atoms with van der Waals surface area (Å²) in [6.45, 7) is 3.54. The second-order valence-electron chi connectivity index (χ2n) is 5.40. The van der Waals surface area contributed by atoms with Gasteiger partial charge < -0.3 is 5.32 Å². The number of hydrogen-bond acceptors (Lipinski definition) is 3. The summed E-state index contributed by atoms with van der Waals surface area (Å²) >= 11 is 1.33. The summed E-state index contributed by atoms with van der Waals surface area (Å²) in [7, 11) is 1.82.